The van der Waals surface area contributed by atoms with E-state index in [2.05, 4.69) is 0 Å². The molecule has 0 saturated heterocycles. The van der Waals surface area contributed by atoms with Crippen LogP contribution >= 0.6 is 15.9 Å². The summed E-state index contributed by atoms with van der Waals surface area (Å²) in [5.74, 6) is 0. The van der Waals surface area contributed by atoms with Crippen LogP contribution < -0.4 is 10.6 Å². The first-order valence-corrected chi connectivity index (χ1v) is 8.83. The first kappa shape index (κ1) is 15.4. The summed E-state index contributed by atoms with van der Waals surface area (Å²) in [5, 5.41) is 0.0905. The topological polar surface area (TPSA) is 121 Å². The lowest BCUT2D eigenvalue weighted by Gasteiger charge is -2.07. The molecule has 0 aliphatic rings. The SMILES string of the molecule is O[P+](O)(O)c1ccc(-c2ccc([P+](O)(O)O)cc2)cc1. The molecule has 0 aliphatic heterocycles. The molecule has 2 aromatic rings. The molecule has 20 heavy (non-hydrogen) atoms. The molecule has 0 atom stereocenters. The average molecular weight is 316 g/mol. The van der Waals surface area contributed by atoms with Crippen molar-refractivity contribution in [3.8, 4) is 11.1 Å². The van der Waals surface area contributed by atoms with Gasteiger partial charge in [0.05, 0.1) is 0 Å². The monoisotopic (exact) mass is 316 g/mol. The third-order valence-corrected chi connectivity index (χ3v) is 4.74. The predicted molar refractivity (Wildman–Crippen MR) is 78.3 cm³/mol. The number of benzene rings is 2. The Labute approximate surface area is 116 Å². The van der Waals surface area contributed by atoms with E-state index in [1.807, 2.05) is 0 Å². The van der Waals surface area contributed by atoms with Gasteiger partial charge in [-0.2, -0.15) is 29.4 Å². The van der Waals surface area contributed by atoms with E-state index in [1.165, 1.54) is 24.3 Å². The fraction of sp³-hybridized carbons (Fsp3) is 0. The highest BCUT2D eigenvalue weighted by molar-refractivity contribution is 7.67. The summed E-state index contributed by atoms with van der Waals surface area (Å²) in [6, 6.07) is 12.0. The third-order valence-electron chi connectivity index (χ3n) is 2.76. The van der Waals surface area contributed by atoms with Crippen molar-refractivity contribution in [3.63, 3.8) is 0 Å². The van der Waals surface area contributed by atoms with Gasteiger partial charge in [-0.15, -0.1) is 0 Å². The van der Waals surface area contributed by atoms with Gasteiger partial charge in [-0.05, 0) is 35.4 Å². The van der Waals surface area contributed by atoms with Crippen molar-refractivity contribution in [3.05, 3.63) is 48.5 Å². The molecule has 0 bridgehead atoms. The Balaban J connectivity index is 2.29. The van der Waals surface area contributed by atoms with Crippen LogP contribution in [0.2, 0.25) is 0 Å². The van der Waals surface area contributed by atoms with Crippen molar-refractivity contribution in [1.82, 2.24) is 0 Å². The van der Waals surface area contributed by atoms with Crippen molar-refractivity contribution in [2.75, 3.05) is 0 Å². The summed E-state index contributed by atoms with van der Waals surface area (Å²) in [6.07, 6.45) is 0. The van der Waals surface area contributed by atoms with Gasteiger partial charge in [0.15, 0.2) is 10.6 Å². The molecule has 2 rings (SSSR count). The number of hydrogen-bond acceptors (Lipinski definition) is 6. The average Bonchev–Trinajstić information content (AvgIpc) is 2.37. The summed E-state index contributed by atoms with van der Waals surface area (Å²) >= 11 is 0. The molecular formula is C12H14O6P2+2. The molecule has 0 radical (unpaired) electrons. The lowest BCUT2D eigenvalue weighted by Crippen LogP contribution is -2.09. The zero-order chi connectivity index (χ0) is 15.0. The van der Waals surface area contributed by atoms with E-state index in [0.717, 1.165) is 11.1 Å². The Kier molecular flexibility index (Phi) is 4.21. The molecule has 0 unspecified atom stereocenters. The van der Waals surface area contributed by atoms with Crippen LogP contribution in [0.5, 0.6) is 0 Å². The van der Waals surface area contributed by atoms with Gasteiger partial charge in [-0.1, -0.05) is 24.3 Å². The molecule has 8 heteroatoms. The van der Waals surface area contributed by atoms with Crippen LogP contribution in [-0.2, 0) is 0 Å². The standard InChI is InChI=1S/C12H14O6P2/c13-19(14,15)11-5-1-9(2-6-11)10-3-7-12(8-4-10)20(16,17)18/h1-8,13-18H/q+2. The lowest BCUT2D eigenvalue weighted by atomic mass is 10.1. The van der Waals surface area contributed by atoms with Gasteiger partial charge in [0.2, 0.25) is 0 Å². The molecule has 0 saturated carbocycles. The van der Waals surface area contributed by atoms with Crippen LogP contribution in [0, 0.1) is 0 Å². The molecule has 6 N–H and O–H groups in total. The largest absolute Gasteiger partial charge is 0.440 e. The molecule has 0 spiro atoms. The summed E-state index contributed by atoms with van der Waals surface area (Å²) in [5.41, 5.74) is 1.48. The Bertz CT molecular complexity index is 528. The smallest absolute Gasteiger partial charge is 0.189 e. The van der Waals surface area contributed by atoms with Gasteiger partial charge in [0, 0.05) is 0 Å². The van der Waals surface area contributed by atoms with Crippen LogP contribution in [0.25, 0.3) is 11.1 Å². The second-order valence-corrected chi connectivity index (χ2v) is 7.54. The van der Waals surface area contributed by atoms with Crippen LogP contribution in [0.3, 0.4) is 0 Å². The van der Waals surface area contributed by atoms with Gasteiger partial charge in [-0.3, -0.25) is 0 Å². The van der Waals surface area contributed by atoms with E-state index in [9.17, 15) is 0 Å². The molecule has 6 nitrogen and oxygen atoms in total. The number of hydrogen-bond donors (Lipinski definition) is 6. The molecule has 2 aromatic carbocycles. The summed E-state index contributed by atoms with van der Waals surface area (Å²) in [4.78, 5) is 54.7. The highest BCUT2D eigenvalue weighted by Crippen LogP contribution is 2.44. The Morgan fingerprint density at radius 1 is 0.450 bits per heavy atom. The van der Waals surface area contributed by atoms with E-state index >= 15 is 0 Å². The minimum atomic E-state index is -4.00. The summed E-state index contributed by atoms with van der Waals surface area (Å²) < 4.78 is 0. The predicted octanol–water partition coefficient (Wildman–Crippen LogP) is 0.0832. The van der Waals surface area contributed by atoms with E-state index in [0.29, 0.717) is 0 Å². The summed E-state index contributed by atoms with van der Waals surface area (Å²) in [6.45, 7) is 0. The fourth-order valence-electron chi connectivity index (χ4n) is 1.71. The van der Waals surface area contributed by atoms with Gasteiger partial charge < -0.3 is 0 Å². The van der Waals surface area contributed by atoms with Gasteiger partial charge in [0.25, 0.3) is 0 Å². The zero-order valence-electron chi connectivity index (χ0n) is 10.2. The maximum atomic E-state index is 9.12. The van der Waals surface area contributed by atoms with E-state index in [1.54, 1.807) is 24.3 Å². The minimum absolute atomic E-state index is 0.0453. The second-order valence-electron chi connectivity index (χ2n) is 4.23. The van der Waals surface area contributed by atoms with Crippen LogP contribution in [0.4, 0.5) is 0 Å². The fourth-order valence-corrected chi connectivity index (χ4v) is 2.81. The van der Waals surface area contributed by atoms with Gasteiger partial charge >= 0.3 is 15.9 Å². The minimum Gasteiger partial charge on any atom is -0.189 e. The lowest BCUT2D eigenvalue weighted by molar-refractivity contribution is 0.345. The highest BCUT2D eigenvalue weighted by atomic mass is 31.2. The van der Waals surface area contributed by atoms with E-state index in [4.69, 9.17) is 29.4 Å². The van der Waals surface area contributed by atoms with Crippen molar-refractivity contribution >= 4 is 26.5 Å². The first-order valence-electron chi connectivity index (χ1n) is 5.54. The first-order chi connectivity index (χ1) is 9.18. The van der Waals surface area contributed by atoms with Crippen molar-refractivity contribution < 1.29 is 29.4 Å². The Hall–Kier alpha value is -0.940. The van der Waals surface area contributed by atoms with Crippen LogP contribution in [-0.4, -0.2) is 29.4 Å². The van der Waals surface area contributed by atoms with Gasteiger partial charge in [0.1, 0.15) is 0 Å². The van der Waals surface area contributed by atoms with Gasteiger partial charge in [-0.25, -0.2) is 0 Å². The molecule has 0 fully saturated rings. The van der Waals surface area contributed by atoms with E-state index < -0.39 is 15.9 Å². The summed E-state index contributed by atoms with van der Waals surface area (Å²) in [7, 11) is -8.01. The molecule has 0 aromatic heterocycles. The Morgan fingerprint density at radius 2 is 0.700 bits per heavy atom. The molecule has 0 amide bonds. The molecule has 0 aliphatic carbocycles. The maximum Gasteiger partial charge on any atom is 0.440 e. The molecular weight excluding hydrogens is 302 g/mol. The van der Waals surface area contributed by atoms with Crippen LogP contribution in [0.15, 0.2) is 48.5 Å². The molecule has 106 valence electrons. The highest BCUT2D eigenvalue weighted by Gasteiger charge is 2.34. The quantitative estimate of drug-likeness (QED) is 0.446. The second kappa shape index (κ2) is 5.45. The van der Waals surface area contributed by atoms with Crippen molar-refractivity contribution in [1.29, 1.82) is 0 Å². The van der Waals surface area contributed by atoms with Crippen molar-refractivity contribution in [2.24, 2.45) is 0 Å². The third kappa shape index (κ3) is 3.58. The normalized spacial score (nSPS) is 12.5. The zero-order valence-corrected chi connectivity index (χ0v) is 12.0. The van der Waals surface area contributed by atoms with E-state index in [-0.39, 0.29) is 10.6 Å². The Morgan fingerprint density at radius 3 is 0.900 bits per heavy atom. The molecule has 0 heterocycles. The number of rotatable bonds is 3. The maximum absolute atomic E-state index is 9.12. The van der Waals surface area contributed by atoms with Crippen LogP contribution in [0.1, 0.15) is 0 Å². The van der Waals surface area contributed by atoms with Crippen molar-refractivity contribution in [2.45, 2.75) is 0 Å².